The first-order valence-electron chi connectivity index (χ1n) is 3.97. The molecule has 0 spiro atoms. The van der Waals surface area contributed by atoms with Crippen molar-refractivity contribution in [2.75, 3.05) is 20.3 Å². The average Bonchev–Trinajstić information content (AvgIpc) is 1.89. The maximum Gasteiger partial charge on any atom is 0.0451 e. The molecular weight excluding hydrogens is 124 g/mol. The molecule has 0 aliphatic carbocycles. The van der Waals surface area contributed by atoms with E-state index in [0.29, 0.717) is 5.41 Å². The molecule has 0 fully saturated rings. The van der Waals surface area contributed by atoms with Crippen molar-refractivity contribution < 1.29 is 0 Å². The minimum Gasteiger partial charge on any atom is -0.308 e. The second kappa shape index (κ2) is 4.69. The quantitative estimate of drug-likeness (QED) is 0.447. The molecule has 0 radical (unpaired) electrons. The number of nitrogens with one attached hydrogen (secondary N) is 2. The van der Waals surface area contributed by atoms with Crippen molar-refractivity contribution in [2.45, 2.75) is 27.2 Å². The van der Waals surface area contributed by atoms with Gasteiger partial charge < -0.3 is 10.6 Å². The molecule has 2 nitrogen and oxygen atoms in total. The minimum absolute atomic E-state index is 0.441. The van der Waals surface area contributed by atoms with E-state index < -0.39 is 0 Å². The first kappa shape index (κ1) is 9.92. The summed E-state index contributed by atoms with van der Waals surface area (Å²) in [5.41, 5.74) is 0.441. The van der Waals surface area contributed by atoms with E-state index in [-0.39, 0.29) is 0 Å². The van der Waals surface area contributed by atoms with Gasteiger partial charge in [0.05, 0.1) is 0 Å². The van der Waals surface area contributed by atoms with Gasteiger partial charge in [-0.05, 0) is 18.9 Å². The molecule has 0 unspecified atom stereocenters. The predicted octanol–water partition coefficient (Wildman–Crippen LogP) is 1.19. The van der Waals surface area contributed by atoms with Gasteiger partial charge in [-0.15, -0.1) is 0 Å². The molecule has 0 aliphatic heterocycles. The average molecular weight is 144 g/mol. The highest BCUT2D eigenvalue weighted by Gasteiger charge is 2.12. The van der Waals surface area contributed by atoms with Crippen LogP contribution in [0.4, 0.5) is 0 Å². The van der Waals surface area contributed by atoms with E-state index in [1.807, 2.05) is 7.05 Å². The third-order valence-corrected chi connectivity index (χ3v) is 1.86. The summed E-state index contributed by atoms with van der Waals surface area (Å²) in [4.78, 5) is 0. The molecule has 2 N–H and O–H groups in total. The van der Waals surface area contributed by atoms with Crippen molar-refractivity contribution >= 4 is 0 Å². The molecule has 0 amide bonds. The molecule has 0 aromatic heterocycles. The van der Waals surface area contributed by atoms with Crippen LogP contribution < -0.4 is 10.6 Å². The van der Waals surface area contributed by atoms with Gasteiger partial charge in [-0.2, -0.15) is 0 Å². The van der Waals surface area contributed by atoms with E-state index in [9.17, 15) is 0 Å². The lowest BCUT2D eigenvalue weighted by atomic mass is 9.90. The fourth-order valence-corrected chi connectivity index (χ4v) is 0.651. The summed E-state index contributed by atoms with van der Waals surface area (Å²) in [6.07, 6.45) is 1.23. The molecule has 0 heterocycles. The lowest BCUT2D eigenvalue weighted by Crippen LogP contribution is -2.34. The van der Waals surface area contributed by atoms with E-state index in [1.165, 1.54) is 6.42 Å². The molecule has 0 aromatic rings. The first-order chi connectivity index (χ1) is 4.62. The summed E-state index contributed by atoms with van der Waals surface area (Å²) in [5, 5.41) is 6.37. The minimum atomic E-state index is 0.441. The molecule has 0 aliphatic rings. The number of rotatable bonds is 5. The van der Waals surface area contributed by atoms with Gasteiger partial charge in [0.25, 0.3) is 0 Å². The first-order valence-corrected chi connectivity index (χ1v) is 3.97. The van der Waals surface area contributed by atoms with Crippen LogP contribution in [0.15, 0.2) is 0 Å². The standard InChI is InChI=1S/C8H20N2/c1-5-8(2,3)6-10-7-9-4/h9-10H,5-7H2,1-4H3. The lowest BCUT2D eigenvalue weighted by Gasteiger charge is -2.22. The van der Waals surface area contributed by atoms with Crippen LogP contribution in [0.5, 0.6) is 0 Å². The van der Waals surface area contributed by atoms with Gasteiger partial charge in [0, 0.05) is 13.2 Å². The highest BCUT2D eigenvalue weighted by molar-refractivity contribution is 4.68. The van der Waals surface area contributed by atoms with Gasteiger partial charge in [-0.1, -0.05) is 20.8 Å². The summed E-state index contributed by atoms with van der Waals surface area (Å²) in [6.45, 7) is 8.76. The zero-order valence-electron chi connectivity index (χ0n) is 7.62. The van der Waals surface area contributed by atoms with Crippen LogP contribution in [0, 0.1) is 5.41 Å². The molecule has 0 aromatic carbocycles. The third-order valence-electron chi connectivity index (χ3n) is 1.86. The van der Waals surface area contributed by atoms with Crippen LogP contribution in [0.25, 0.3) is 0 Å². The summed E-state index contributed by atoms with van der Waals surface area (Å²) in [7, 11) is 1.95. The smallest absolute Gasteiger partial charge is 0.0451 e. The molecule has 0 saturated carbocycles. The normalized spacial score (nSPS) is 12.0. The maximum absolute atomic E-state index is 3.32. The Morgan fingerprint density at radius 1 is 1.30 bits per heavy atom. The fourth-order valence-electron chi connectivity index (χ4n) is 0.651. The van der Waals surface area contributed by atoms with E-state index in [0.717, 1.165) is 13.2 Å². The van der Waals surface area contributed by atoms with Crippen LogP contribution in [0.1, 0.15) is 27.2 Å². The Kier molecular flexibility index (Phi) is 4.65. The van der Waals surface area contributed by atoms with Crippen molar-refractivity contribution in [3.63, 3.8) is 0 Å². The second-order valence-corrected chi connectivity index (χ2v) is 3.47. The molecule has 10 heavy (non-hydrogen) atoms. The van der Waals surface area contributed by atoms with E-state index in [4.69, 9.17) is 0 Å². The topological polar surface area (TPSA) is 24.1 Å². The zero-order valence-corrected chi connectivity index (χ0v) is 7.62. The van der Waals surface area contributed by atoms with Gasteiger partial charge in [0.2, 0.25) is 0 Å². The van der Waals surface area contributed by atoms with Crippen molar-refractivity contribution in [2.24, 2.45) is 5.41 Å². The van der Waals surface area contributed by atoms with Crippen LogP contribution in [0.2, 0.25) is 0 Å². The molecule has 2 heteroatoms. The Hall–Kier alpha value is -0.0800. The Balaban J connectivity index is 3.28. The molecular formula is C8H20N2. The highest BCUT2D eigenvalue weighted by atomic mass is 15.0. The predicted molar refractivity (Wildman–Crippen MR) is 46.0 cm³/mol. The Bertz CT molecular complexity index is 79.3. The Morgan fingerprint density at radius 3 is 2.30 bits per heavy atom. The number of hydrogen-bond acceptors (Lipinski definition) is 2. The molecule has 0 bridgehead atoms. The van der Waals surface area contributed by atoms with Gasteiger partial charge in [0.15, 0.2) is 0 Å². The van der Waals surface area contributed by atoms with Crippen molar-refractivity contribution in [3.8, 4) is 0 Å². The van der Waals surface area contributed by atoms with Crippen LogP contribution in [-0.4, -0.2) is 20.3 Å². The molecule has 0 atom stereocenters. The highest BCUT2D eigenvalue weighted by Crippen LogP contribution is 2.17. The Morgan fingerprint density at radius 2 is 1.90 bits per heavy atom. The van der Waals surface area contributed by atoms with Gasteiger partial charge >= 0.3 is 0 Å². The summed E-state index contributed by atoms with van der Waals surface area (Å²) < 4.78 is 0. The van der Waals surface area contributed by atoms with Crippen LogP contribution >= 0.6 is 0 Å². The fraction of sp³-hybridized carbons (Fsp3) is 1.00. The SMILES string of the molecule is CCC(C)(C)CNCNC. The van der Waals surface area contributed by atoms with Crippen molar-refractivity contribution in [1.29, 1.82) is 0 Å². The van der Waals surface area contributed by atoms with Gasteiger partial charge in [0.1, 0.15) is 0 Å². The monoisotopic (exact) mass is 144 g/mol. The van der Waals surface area contributed by atoms with Crippen LogP contribution in [0.3, 0.4) is 0 Å². The maximum atomic E-state index is 3.32. The Labute approximate surface area is 64.4 Å². The summed E-state index contributed by atoms with van der Waals surface area (Å²) in [6, 6.07) is 0. The zero-order chi connectivity index (χ0) is 8.04. The largest absolute Gasteiger partial charge is 0.308 e. The summed E-state index contributed by atoms with van der Waals surface area (Å²) >= 11 is 0. The third kappa shape index (κ3) is 4.77. The van der Waals surface area contributed by atoms with Gasteiger partial charge in [-0.25, -0.2) is 0 Å². The molecule has 0 rings (SSSR count). The van der Waals surface area contributed by atoms with E-state index >= 15 is 0 Å². The van der Waals surface area contributed by atoms with Crippen molar-refractivity contribution in [3.05, 3.63) is 0 Å². The van der Waals surface area contributed by atoms with E-state index in [2.05, 4.69) is 31.4 Å². The second-order valence-electron chi connectivity index (χ2n) is 3.47. The van der Waals surface area contributed by atoms with Gasteiger partial charge in [-0.3, -0.25) is 0 Å². The van der Waals surface area contributed by atoms with Crippen LogP contribution in [-0.2, 0) is 0 Å². The lowest BCUT2D eigenvalue weighted by molar-refractivity contribution is 0.326. The number of hydrogen-bond donors (Lipinski definition) is 2. The molecule has 0 saturated heterocycles. The van der Waals surface area contributed by atoms with Crippen molar-refractivity contribution in [1.82, 2.24) is 10.6 Å². The molecule has 62 valence electrons. The van der Waals surface area contributed by atoms with E-state index in [1.54, 1.807) is 0 Å². The summed E-state index contributed by atoms with van der Waals surface area (Å²) in [5.74, 6) is 0.